The Morgan fingerprint density at radius 1 is 1.33 bits per heavy atom. The average Bonchev–Trinajstić information content (AvgIpc) is 2.35. The van der Waals surface area contributed by atoms with Gasteiger partial charge in [-0.05, 0) is 52.2 Å². The van der Waals surface area contributed by atoms with Crippen LogP contribution in [0.2, 0.25) is 5.02 Å². The summed E-state index contributed by atoms with van der Waals surface area (Å²) in [6.07, 6.45) is 2.68. The minimum atomic E-state index is 0.219. The normalized spacial score (nSPS) is 12.4. The van der Waals surface area contributed by atoms with Gasteiger partial charge in [0.05, 0.1) is 5.02 Å². The molecule has 2 rings (SSSR count). The second-order valence-corrected chi connectivity index (χ2v) is 6.48. The van der Waals surface area contributed by atoms with Crippen LogP contribution >= 0.6 is 43.5 Å². The van der Waals surface area contributed by atoms with Gasteiger partial charge in [-0.3, -0.25) is 4.98 Å². The Hall–Kier alpha value is -0.380. The van der Waals surface area contributed by atoms with Gasteiger partial charge in [-0.15, -0.1) is 0 Å². The average molecular weight is 390 g/mol. The molecule has 0 aliphatic rings. The van der Waals surface area contributed by atoms with Crippen LogP contribution in [0.5, 0.6) is 0 Å². The smallest absolute Gasteiger partial charge is 0.0551 e. The van der Waals surface area contributed by atoms with E-state index in [2.05, 4.69) is 55.9 Å². The minimum Gasteiger partial charge on any atom is -0.261 e. The topological polar surface area (TPSA) is 12.9 Å². The van der Waals surface area contributed by atoms with Crippen molar-refractivity contribution in [2.24, 2.45) is 0 Å². The van der Waals surface area contributed by atoms with Crippen molar-refractivity contribution in [3.8, 4) is 0 Å². The summed E-state index contributed by atoms with van der Waals surface area (Å²) in [4.78, 5) is 4.63. The standard InChI is InChI=1S/C14H12Br2ClN/c1-9-3-2-6-18-14(9)8-12(16)10-4-5-11(15)13(17)7-10/h2-7,12H,8H2,1H3. The lowest BCUT2D eigenvalue weighted by Gasteiger charge is -2.12. The van der Waals surface area contributed by atoms with E-state index in [1.165, 1.54) is 5.56 Å². The number of rotatable bonds is 3. The van der Waals surface area contributed by atoms with Crippen molar-refractivity contribution < 1.29 is 0 Å². The molecule has 1 atom stereocenters. The first-order valence-corrected chi connectivity index (χ1v) is 7.66. The summed E-state index contributed by atoms with van der Waals surface area (Å²) in [6, 6.07) is 10.0. The summed E-state index contributed by atoms with van der Waals surface area (Å²) in [5, 5.41) is 0.731. The van der Waals surface area contributed by atoms with Gasteiger partial charge in [0.1, 0.15) is 0 Å². The van der Waals surface area contributed by atoms with Gasteiger partial charge in [0, 0.05) is 27.6 Å². The molecule has 0 saturated carbocycles. The highest BCUT2D eigenvalue weighted by Crippen LogP contribution is 2.32. The van der Waals surface area contributed by atoms with Gasteiger partial charge in [-0.25, -0.2) is 0 Å². The Balaban J connectivity index is 2.19. The van der Waals surface area contributed by atoms with E-state index in [9.17, 15) is 0 Å². The molecule has 0 amide bonds. The number of aryl methyl sites for hydroxylation is 1. The number of nitrogens with zero attached hydrogens (tertiary/aromatic N) is 1. The van der Waals surface area contributed by atoms with Gasteiger partial charge in [0.15, 0.2) is 0 Å². The molecule has 94 valence electrons. The molecule has 0 radical (unpaired) electrons. The molecule has 4 heteroatoms. The maximum atomic E-state index is 6.11. The predicted octanol–water partition coefficient (Wildman–Crippen LogP) is 5.48. The Morgan fingerprint density at radius 3 is 2.78 bits per heavy atom. The highest BCUT2D eigenvalue weighted by Gasteiger charge is 2.12. The Bertz CT molecular complexity index is 557. The molecular formula is C14H12Br2ClN. The lowest BCUT2D eigenvalue weighted by Crippen LogP contribution is -2.00. The number of pyridine rings is 1. The van der Waals surface area contributed by atoms with Crippen LogP contribution in [-0.2, 0) is 6.42 Å². The number of halogens is 3. The summed E-state index contributed by atoms with van der Waals surface area (Å²) in [5.74, 6) is 0. The maximum absolute atomic E-state index is 6.11. The van der Waals surface area contributed by atoms with Crippen molar-refractivity contribution in [1.82, 2.24) is 4.98 Å². The SMILES string of the molecule is Cc1cccnc1CC(Br)c1ccc(Br)c(Cl)c1. The van der Waals surface area contributed by atoms with Crippen molar-refractivity contribution in [3.63, 3.8) is 0 Å². The first kappa shape index (κ1) is 14.0. The van der Waals surface area contributed by atoms with Gasteiger partial charge < -0.3 is 0 Å². The van der Waals surface area contributed by atoms with Crippen molar-refractivity contribution in [2.75, 3.05) is 0 Å². The molecule has 0 aliphatic carbocycles. The molecule has 0 aliphatic heterocycles. The van der Waals surface area contributed by atoms with Crippen LogP contribution in [-0.4, -0.2) is 4.98 Å². The van der Waals surface area contributed by atoms with Crippen LogP contribution in [0.25, 0.3) is 0 Å². The van der Waals surface area contributed by atoms with Crippen LogP contribution in [0.1, 0.15) is 21.6 Å². The van der Waals surface area contributed by atoms with E-state index in [1.54, 1.807) is 0 Å². The number of hydrogen-bond donors (Lipinski definition) is 0. The van der Waals surface area contributed by atoms with E-state index >= 15 is 0 Å². The Labute approximate surface area is 129 Å². The molecular weight excluding hydrogens is 377 g/mol. The highest BCUT2D eigenvalue weighted by atomic mass is 79.9. The molecule has 1 unspecified atom stereocenters. The monoisotopic (exact) mass is 387 g/mol. The Kier molecular flexibility index (Phi) is 4.82. The molecule has 1 aromatic carbocycles. The molecule has 2 aromatic rings. The number of hydrogen-bond acceptors (Lipinski definition) is 1. The second kappa shape index (κ2) is 6.18. The lowest BCUT2D eigenvalue weighted by molar-refractivity contribution is 0.892. The quantitative estimate of drug-likeness (QED) is 0.633. The van der Waals surface area contributed by atoms with E-state index in [0.717, 1.165) is 27.2 Å². The van der Waals surface area contributed by atoms with Crippen LogP contribution in [0, 0.1) is 6.92 Å². The van der Waals surface area contributed by atoms with Crippen LogP contribution in [0.15, 0.2) is 41.0 Å². The first-order valence-electron chi connectivity index (χ1n) is 5.57. The molecule has 0 fully saturated rings. The van der Waals surface area contributed by atoms with Gasteiger partial charge in [-0.1, -0.05) is 39.7 Å². The molecule has 1 nitrogen and oxygen atoms in total. The van der Waals surface area contributed by atoms with Gasteiger partial charge >= 0.3 is 0 Å². The first-order chi connectivity index (χ1) is 8.58. The van der Waals surface area contributed by atoms with Crippen LogP contribution in [0.4, 0.5) is 0 Å². The fraction of sp³-hybridized carbons (Fsp3) is 0.214. The predicted molar refractivity (Wildman–Crippen MR) is 83.5 cm³/mol. The van der Waals surface area contributed by atoms with E-state index in [0.29, 0.717) is 0 Å². The molecule has 0 saturated heterocycles. The van der Waals surface area contributed by atoms with Crippen molar-refractivity contribution >= 4 is 43.5 Å². The molecule has 18 heavy (non-hydrogen) atoms. The van der Waals surface area contributed by atoms with Crippen molar-refractivity contribution in [3.05, 3.63) is 62.8 Å². The molecule has 0 spiro atoms. The minimum absolute atomic E-state index is 0.219. The zero-order chi connectivity index (χ0) is 13.1. The third kappa shape index (κ3) is 3.34. The van der Waals surface area contributed by atoms with E-state index in [4.69, 9.17) is 11.6 Å². The van der Waals surface area contributed by atoms with E-state index < -0.39 is 0 Å². The number of aromatic nitrogens is 1. The third-order valence-electron chi connectivity index (χ3n) is 2.80. The fourth-order valence-corrected chi connectivity index (χ4v) is 2.75. The van der Waals surface area contributed by atoms with Gasteiger partial charge in [0.2, 0.25) is 0 Å². The largest absolute Gasteiger partial charge is 0.261 e. The summed E-state index contributed by atoms with van der Waals surface area (Å²) in [6.45, 7) is 2.08. The van der Waals surface area contributed by atoms with E-state index in [-0.39, 0.29) is 4.83 Å². The number of alkyl halides is 1. The molecule has 0 bridgehead atoms. The summed E-state index contributed by atoms with van der Waals surface area (Å²) < 4.78 is 0.918. The number of benzene rings is 1. The van der Waals surface area contributed by atoms with E-state index in [1.807, 2.05) is 24.4 Å². The maximum Gasteiger partial charge on any atom is 0.0551 e. The zero-order valence-corrected chi connectivity index (χ0v) is 13.8. The van der Waals surface area contributed by atoms with Crippen molar-refractivity contribution in [1.29, 1.82) is 0 Å². The fourth-order valence-electron chi connectivity index (χ4n) is 1.73. The third-order valence-corrected chi connectivity index (χ3v) is 4.88. The molecule has 1 heterocycles. The van der Waals surface area contributed by atoms with Crippen LogP contribution < -0.4 is 0 Å². The van der Waals surface area contributed by atoms with Crippen LogP contribution in [0.3, 0.4) is 0 Å². The summed E-state index contributed by atoms with van der Waals surface area (Å²) in [5.41, 5.74) is 3.48. The second-order valence-electron chi connectivity index (χ2n) is 4.11. The summed E-state index contributed by atoms with van der Waals surface area (Å²) in [7, 11) is 0. The Morgan fingerprint density at radius 2 is 2.11 bits per heavy atom. The lowest BCUT2D eigenvalue weighted by atomic mass is 10.1. The summed E-state index contributed by atoms with van der Waals surface area (Å²) >= 11 is 13.2. The molecule has 1 aromatic heterocycles. The molecule has 0 N–H and O–H groups in total. The van der Waals surface area contributed by atoms with Crippen molar-refractivity contribution in [2.45, 2.75) is 18.2 Å². The van der Waals surface area contributed by atoms with Gasteiger partial charge in [-0.2, -0.15) is 0 Å². The van der Waals surface area contributed by atoms with Gasteiger partial charge in [0.25, 0.3) is 0 Å². The highest BCUT2D eigenvalue weighted by molar-refractivity contribution is 9.10. The zero-order valence-electron chi connectivity index (χ0n) is 9.83.